The zero-order valence-corrected chi connectivity index (χ0v) is 52.9. The summed E-state index contributed by atoms with van der Waals surface area (Å²) in [7, 11) is 0. The quantitative estimate of drug-likeness (QED) is 0.0276. The Morgan fingerprint density at radius 3 is 1.59 bits per heavy atom. The molecule has 0 bridgehead atoms. The number of benzene rings is 1. The second-order valence-electron chi connectivity index (χ2n) is 24.0. The van der Waals surface area contributed by atoms with Crippen molar-refractivity contribution in [2.24, 2.45) is 23.3 Å². The number of unbranched alkanes of at least 4 members (excludes halogenated alkanes) is 2. The highest BCUT2D eigenvalue weighted by molar-refractivity contribution is 5.97. The van der Waals surface area contributed by atoms with Gasteiger partial charge in [-0.25, -0.2) is 4.79 Å². The van der Waals surface area contributed by atoms with Crippen LogP contribution in [0.2, 0.25) is 0 Å². The van der Waals surface area contributed by atoms with E-state index in [4.69, 9.17) is 11.5 Å². The van der Waals surface area contributed by atoms with Crippen LogP contribution in [0.4, 0.5) is 11.4 Å². The molecule has 2 aromatic rings. The van der Waals surface area contributed by atoms with E-state index in [1.54, 1.807) is 63.8 Å². The fourth-order valence-electron chi connectivity index (χ4n) is 11.3. The number of aliphatic carboxylic acids is 5. The van der Waals surface area contributed by atoms with Crippen molar-refractivity contribution >= 4 is 70.8 Å². The van der Waals surface area contributed by atoms with Gasteiger partial charge in [0, 0.05) is 71.9 Å². The second-order valence-corrected chi connectivity index (χ2v) is 24.0. The van der Waals surface area contributed by atoms with E-state index in [9.17, 15) is 83.1 Å². The van der Waals surface area contributed by atoms with E-state index in [1.807, 2.05) is 13.8 Å². The molecule has 15 N–H and O–H groups in total. The molecule has 8 atom stereocenters. The summed E-state index contributed by atoms with van der Waals surface area (Å²) in [6, 6.07) is 0.439. The van der Waals surface area contributed by atoms with Gasteiger partial charge in [-0.2, -0.15) is 0 Å². The van der Waals surface area contributed by atoms with Crippen LogP contribution in [-0.2, 0) is 54.4 Å². The predicted octanol–water partition coefficient (Wildman–Crippen LogP) is -1.21. The van der Waals surface area contributed by atoms with Crippen molar-refractivity contribution in [3.05, 3.63) is 56.3 Å². The average molecular weight is 1280 g/mol. The highest BCUT2D eigenvalue weighted by Crippen LogP contribution is 2.23. The summed E-state index contributed by atoms with van der Waals surface area (Å²) in [6.45, 7) is 7.51. The third-order valence-corrected chi connectivity index (χ3v) is 16.6. The van der Waals surface area contributed by atoms with Crippen molar-refractivity contribution in [2.45, 2.75) is 153 Å². The summed E-state index contributed by atoms with van der Waals surface area (Å²) in [5.74, 6) is -9.96. The smallest absolute Gasteiger partial charge is 0.326 e. The zero-order chi connectivity index (χ0) is 67.3. The third-order valence-electron chi connectivity index (χ3n) is 16.6. The van der Waals surface area contributed by atoms with Crippen LogP contribution < -0.4 is 54.2 Å². The Morgan fingerprint density at radius 2 is 1.09 bits per heavy atom. The van der Waals surface area contributed by atoms with Crippen LogP contribution in [0.25, 0.3) is 0 Å². The molecule has 2 aromatic carbocycles. The number of carboxylic acid groups (broad SMARTS) is 5. The Hall–Kier alpha value is -7.64. The van der Waals surface area contributed by atoms with Crippen LogP contribution in [0.5, 0.6) is 0 Å². The number of likely N-dealkylation sites (tertiary alicyclic amines) is 1. The van der Waals surface area contributed by atoms with Gasteiger partial charge in [0.05, 0.1) is 19.6 Å². The number of hydrogen-bond acceptors (Lipinski definition) is 20. The van der Waals surface area contributed by atoms with E-state index < -0.39 is 132 Å². The Labute approximate surface area is 530 Å². The van der Waals surface area contributed by atoms with Crippen LogP contribution in [0, 0.1) is 11.8 Å². The Kier molecular flexibility index (Phi) is 32.4. The lowest BCUT2D eigenvalue weighted by molar-refractivity contribution is -0.145. The zero-order valence-electron chi connectivity index (χ0n) is 52.9. The van der Waals surface area contributed by atoms with Gasteiger partial charge in [-0.05, 0) is 101 Å². The molecule has 0 radical (unpaired) electrons. The molecule has 2 heterocycles. The number of nitrogens with zero attached hydrogens (tertiary/aromatic N) is 5. The molecule has 0 saturated carbocycles. The fraction of sp³-hybridized carbons (Fsp3) is 0.672. The predicted molar refractivity (Wildman–Crippen MR) is 337 cm³/mol. The number of carbonyl (C=O) groups is 10. The first-order valence-electron chi connectivity index (χ1n) is 31.6. The molecular formula is C61H97N13O17. The van der Waals surface area contributed by atoms with Crippen LogP contribution >= 0.6 is 0 Å². The average Bonchev–Trinajstić information content (AvgIpc) is 1.31. The summed E-state index contributed by atoms with van der Waals surface area (Å²) in [5, 5.41) is 66.3. The van der Waals surface area contributed by atoms with Crippen LogP contribution in [0.3, 0.4) is 0 Å². The largest absolute Gasteiger partial charge is 0.480 e. The lowest BCUT2D eigenvalue weighted by atomic mass is 9.95. The van der Waals surface area contributed by atoms with Crippen LogP contribution in [0.1, 0.15) is 110 Å². The number of hydrogen-bond donors (Lipinski definition) is 13. The first-order valence-corrected chi connectivity index (χ1v) is 31.6. The maximum Gasteiger partial charge on any atom is 0.326 e. The topological polar surface area (TPSA) is 446 Å². The van der Waals surface area contributed by atoms with E-state index in [2.05, 4.69) is 31.9 Å². The van der Waals surface area contributed by atoms with Crippen molar-refractivity contribution in [3.8, 4) is 0 Å². The van der Waals surface area contributed by atoms with E-state index >= 15 is 0 Å². The standard InChI is InChI=1S/C61H97N13O17/c1-5-39(4)50(58(86)66-41(17-9-11-21-62)55(83)67-42(18-10-12-22-63)59(87)74-24-14-20-45(74)57(85)68-44(60(88)89)34-40-15-7-6-8-16-40)69-56(84)43(33-38(2)3)65-52-51(53(81)54(52)82)64-23-13-19-46(61(90)91)73-31-29-71(36-48(77)78)27-25-70(35-47(75)76)26-28-72(30-32-73)37-49(79)80/h6-8,15-16,38-39,41-46,50,64-65H,5,9-14,17-37,62-63H2,1-4H3,(H,66,86)(H,67,83)(H,68,85)(H,69,84)(H,75,76)(H,77,78)(H,79,80)(H,88,89)(H,90,91)/t39-,41-,42-,43-,44-,45-,46?,50-/m0/s1. The highest BCUT2D eigenvalue weighted by Gasteiger charge is 2.41. The van der Waals surface area contributed by atoms with Crippen molar-refractivity contribution < 1.29 is 73.5 Å². The second kappa shape index (κ2) is 38.9. The summed E-state index contributed by atoms with van der Waals surface area (Å²) in [4.78, 5) is 166. The third kappa shape index (κ3) is 25.2. The normalized spacial score (nSPS) is 18.1. The van der Waals surface area contributed by atoms with E-state index in [0.29, 0.717) is 50.6 Å². The Morgan fingerprint density at radius 1 is 0.571 bits per heavy atom. The molecule has 1 unspecified atom stereocenters. The minimum atomic E-state index is -1.28. The van der Waals surface area contributed by atoms with E-state index in [-0.39, 0.29) is 141 Å². The molecule has 5 amide bonds. The number of nitrogens with two attached hydrogens (primary N) is 2. The number of nitrogens with one attached hydrogen (secondary N) is 6. The monoisotopic (exact) mass is 1280 g/mol. The molecule has 2 aliphatic heterocycles. The van der Waals surface area contributed by atoms with Crippen LogP contribution in [0.15, 0.2) is 39.9 Å². The van der Waals surface area contributed by atoms with Crippen molar-refractivity contribution in [1.82, 2.24) is 45.8 Å². The highest BCUT2D eigenvalue weighted by atomic mass is 16.4. The van der Waals surface area contributed by atoms with Gasteiger partial charge >= 0.3 is 29.8 Å². The SMILES string of the molecule is CC[C@H](C)[C@H](NC(=O)[C@H](CC(C)C)Nc1c(NCCCC(C(=O)O)N2CCN(CC(=O)O)CCN(CC(=O)O)CCN(CC(=O)O)CC2)c(=O)c1=O)C(=O)N[C@@H](CCCCN)C(=O)N[C@@H](CCCCN)C(=O)N1CCC[C@H]1C(=O)N[C@@H](Cc1ccccc1)C(=O)O. The minimum Gasteiger partial charge on any atom is -0.480 e. The lowest BCUT2D eigenvalue weighted by Gasteiger charge is -2.35. The fourth-order valence-corrected chi connectivity index (χ4v) is 11.3. The summed E-state index contributed by atoms with van der Waals surface area (Å²) in [6.07, 6.45) is 3.25. The van der Waals surface area contributed by atoms with Gasteiger partial charge in [0.25, 0.3) is 10.9 Å². The Bertz CT molecular complexity index is 2770. The summed E-state index contributed by atoms with van der Waals surface area (Å²) >= 11 is 0. The van der Waals surface area contributed by atoms with Crippen LogP contribution in [-0.4, -0.2) is 250 Å². The molecule has 0 aliphatic carbocycles. The molecule has 30 heteroatoms. The van der Waals surface area contributed by atoms with Gasteiger partial charge in [0.15, 0.2) is 0 Å². The maximum absolute atomic E-state index is 14.5. The number of carboxylic acids is 5. The molecule has 30 nitrogen and oxygen atoms in total. The molecular weight excluding hydrogens is 1190 g/mol. The van der Waals surface area contributed by atoms with E-state index in [0.717, 1.165) is 0 Å². The molecule has 2 fully saturated rings. The number of carbonyl (C=O) groups excluding carboxylic acids is 5. The lowest BCUT2D eigenvalue weighted by Crippen LogP contribution is -2.60. The first-order chi connectivity index (χ1) is 43.3. The minimum absolute atomic E-state index is 0.00590. The summed E-state index contributed by atoms with van der Waals surface area (Å²) in [5.41, 5.74) is 10.2. The molecule has 0 spiro atoms. The summed E-state index contributed by atoms with van der Waals surface area (Å²) < 4.78 is 0. The van der Waals surface area contributed by atoms with Crippen molar-refractivity contribution in [3.63, 3.8) is 0 Å². The van der Waals surface area contributed by atoms with Crippen molar-refractivity contribution in [2.75, 3.05) is 109 Å². The molecule has 2 saturated heterocycles. The molecule has 2 aliphatic rings. The van der Waals surface area contributed by atoms with Crippen molar-refractivity contribution in [1.29, 1.82) is 0 Å². The van der Waals surface area contributed by atoms with Gasteiger partial charge in [0.2, 0.25) is 29.5 Å². The van der Waals surface area contributed by atoms with E-state index in [1.165, 1.54) is 4.90 Å². The number of amides is 5. The Balaban J connectivity index is 1.50. The van der Waals surface area contributed by atoms with Gasteiger partial charge in [-0.3, -0.25) is 72.3 Å². The maximum atomic E-state index is 14.5. The molecule has 0 aromatic heterocycles. The number of anilines is 2. The molecule has 91 heavy (non-hydrogen) atoms. The van der Waals surface area contributed by atoms with Gasteiger partial charge in [-0.15, -0.1) is 0 Å². The van der Waals surface area contributed by atoms with Gasteiger partial charge in [0.1, 0.15) is 53.7 Å². The van der Waals surface area contributed by atoms with Gasteiger partial charge in [-0.1, -0.05) is 64.4 Å². The first kappa shape index (κ1) is 75.8. The molecule has 508 valence electrons. The number of rotatable bonds is 39. The molecule has 4 rings (SSSR count). The van der Waals surface area contributed by atoms with Gasteiger partial charge < -0.3 is 73.8 Å².